The zero-order valence-electron chi connectivity index (χ0n) is 11.7. The van der Waals surface area contributed by atoms with Crippen LogP contribution in [0.1, 0.15) is 43.6 Å². The molecule has 1 unspecified atom stereocenters. The van der Waals surface area contributed by atoms with Crippen molar-refractivity contribution in [2.75, 3.05) is 19.6 Å². The predicted octanol–water partition coefficient (Wildman–Crippen LogP) is 3.27. The Morgan fingerprint density at radius 2 is 2.33 bits per heavy atom. The molecule has 2 heterocycles. The third-order valence-electron chi connectivity index (χ3n) is 3.77. The van der Waals surface area contributed by atoms with Crippen LogP contribution < -0.4 is 5.32 Å². The lowest BCUT2D eigenvalue weighted by Crippen LogP contribution is -2.45. The van der Waals surface area contributed by atoms with E-state index in [1.54, 1.807) is 10.4 Å². The average Bonchev–Trinajstić information content (AvgIpc) is 2.84. The maximum absolute atomic E-state index is 3.67. The molecule has 2 rings (SSSR count). The van der Waals surface area contributed by atoms with Crippen LogP contribution in [0.4, 0.5) is 0 Å². The minimum atomic E-state index is 0.712. The highest BCUT2D eigenvalue weighted by atomic mass is 32.1. The Labute approximate surface area is 115 Å². The standard InChI is InChI=1S/C15H26N2S/c1-3-8-16-14-6-5-9-17(11-14)12-15-13(4-2)7-10-18-15/h7,10,14,16H,3-6,8-9,11-12H2,1-2H3. The molecule has 0 aliphatic carbocycles. The van der Waals surface area contributed by atoms with Crippen molar-refractivity contribution in [3.8, 4) is 0 Å². The van der Waals surface area contributed by atoms with Crippen molar-refractivity contribution in [3.63, 3.8) is 0 Å². The van der Waals surface area contributed by atoms with Gasteiger partial charge in [-0.3, -0.25) is 4.90 Å². The van der Waals surface area contributed by atoms with Gasteiger partial charge in [-0.1, -0.05) is 13.8 Å². The molecule has 1 atom stereocenters. The summed E-state index contributed by atoms with van der Waals surface area (Å²) >= 11 is 1.92. The highest BCUT2D eigenvalue weighted by Gasteiger charge is 2.20. The van der Waals surface area contributed by atoms with Crippen molar-refractivity contribution in [2.24, 2.45) is 0 Å². The van der Waals surface area contributed by atoms with Crippen molar-refractivity contribution < 1.29 is 0 Å². The lowest BCUT2D eigenvalue weighted by Gasteiger charge is -2.33. The van der Waals surface area contributed by atoms with Crippen LogP contribution >= 0.6 is 11.3 Å². The number of rotatable bonds is 6. The molecule has 1 aromatic heterocycles. The largest absolute Gasteiger partial charge is 0.313 e. The summed E-state index contributed by atoms with van der Waals surface area (Å²) in [4.78, 5) is 4.20. The zero-order valence-corrected chi connectivity index (χ0v) is 12.6. The van der Waals surface area contributed by atoms with Gasteiger partial charge in [0.25, 0.3) is 0 Å². The number of hydrogen-bond donors (Lipinski definition) is 1. The molecule has 1 aromatic rings. The first-order valence-electron chi connectivity index (χ1n) is 7.34. The van der Waals surface area contributed by atoms with Gasteiger partial charge in [-0.05, 0) is 55.8 Å². The van der Waals surface area contributed by atoms with Gasteiger partial charge in [-0.25, -0.2) is 0 Å². The van der Waals surface area contributed by atoms with Crippen molar-refractivity contribution in [2.45, 2.75) is 52.1 Å². The molecular weight excluding hydrogens is 240 g/mol. The van der Waals surface area contributed by atoms with Gasteiger partial charge in [-0.2, -0.15) is 0 Å². The smallest absolute Gasteiger partial charge is 0.0331 e. The Morgan fingerprint density at radius 1 is 1.44 bits per heavy atom. The Morgan fingerprint density at radius 3 is 3.11 bits per heavy atom. The summed E-state index contributed by atoms with van der Waals surface area (Å²) < 4.78 is 0. The van der Waals surface area contributed by atoms with E-state index in [4.69, 9.17) is 0 Å². The fourth-order valence-electron chi connectivity index (χ4n) is 2.74. The number of hydrogen-bond acceptors (Lipinski definition) is 3. The fourth-order valence-corrected chi connectivity index (χ4v) is 3.76. The lowest BCUT2D eigenvalue weighted by atomic mass is 10.1. The van der Waals surface area contributed by atoms with E-state index in [9.17, 15) is 0 Å². The summed E-state index contributed by atoms with van der Waals surface area (Å²) in [7, 11) is 0. The molecule has 18 heavy (non-hydrogen) atoms. The Balaban J connectivity index is 1.85. The van der Waals surface area contributed by atoms with Crippen LogP contribution in [-0.2, 0) is 13.0 Å². The molecule has 0 amide bonds. The van der Waals surface area contributed by atoms with E-state index in [0.717, 1.165) is 13.1 Å². The van der Waals surface area contributed by atoms with Gasteiger partial charge in [0, 0.05) is 24.0 Å². The van der Waals surface area contributed by atoms with E-state index in [1.807, 2.05) is 11.3 Å². The molecule has 1 aliphatic rings. The molecule has 0 aromatic carbocycles. The molecule has 3 heteroatoms. The molecule has 0 bridgehead atoms. The number of likely N-dealkylation sites (tertiary alicyclic amines) is 1. The normalized spacial score (nSPS) is 21.3. The maximum atomic E-state index is 3.67. The van der Waals surface area contributed by atoms with E-state index in [-0.39, 0.29) is 0 Å². The van der Waals surface area contributed by atoms with Crippen molar-refractivity contribution in [1.82, 2.24) is 10.2 Å². The first-order valence-corrected chi connectivity index (χ1v) is 8.22. The quantitative estimate of drug-likeness (QED) is 0.850. The SMILES string of the molecule is CCCNC1CCCN(Cc2sccc2CC)C1. The molecule has 1 saturated heterocycles. The molecule has 102 valence electrons. The summed E-state index contributed by atoms with van der Waals surface area (Å²) in [6.45, 7) is 9.31. The highest BCUT2D eigenvalue weighted by molar-refractivity contribution is 7.10. The van der Waals surface area contributed by atoms with Gasteiger partial charge in [0.1, 0.15) is 0 Å². The monoisotopic (exact) mass is 266 g/mol. The summed E-state index contributed by atoms with van der Waals surface area (Å²) in [5.41, 5.74) is 1.55. The number of aryl methyl sites for hydroxylation is 1. The van der Waals surface area contributed by atoms with E-state index in [0.29, 0.717) is 6.04 Å². The molecular formula is C15H26N2S. The molecule has 1 aliphatic heterocycles. The van der Waals surface area contributed by atoms with Gasteiger partial charge in [0.05, 0.1) is 0 Å². The highest BCUT2D eigenvalue weighted by Crippen LogP contribution is 2.21. The third kappa shape index (κ3) is 3.81. The second kappa shape index (κ2) is 7.27. The van der Waals surface area contributed by atoms with E-state index >= 15 is 0 Å². The van der Waals surface area contributed by atoms with Crippen LogP contribution in [0.3, 0.4) is 0 Å². The minimum Gasteiger partial charge on any atom is -0.313 e. The lowest BCUT2D eigenvalue weighted by molar-refractivity contribution is 0.185. The molecule has 1 N–H and O–H groups in total. The van der Waals surface area contributed by atoms with Crippen molar-refractivity contribution in [3.05, 3.63) is 21.9 Å². The molecule has 1 fully saturated rings. The Kier molecular flexibility index (Phi) is 5.67. The Hall–Kier alpha value is -0.380. The third-order valence-corrected chi connectivity index (χ3v) is 4.72. The van der Waals surface area contributed by atoms with Crippen LogP contribution in [0, 0.1) is 0 Å². The van der Waals surface area contributed by atoms with Gasteiger partial charge < -0.3 is 5.32 Å². The molecule has 0 radical (unpaired) electrons. The van der Waals surface area contributed by atoms with Crippen LogP contribution in [0.25, 0.3) is 0 Å². The van der Waals surface area contributed by atoms with E-state index < -0.39 is 0 Å². The fraction of sp³-hybridized carbons (Fsp3) is 0.733. The van der Waals surface area contributed by atoms with Crippen molar-refractivity contribution in [1.29, 1.82) is 0 Å². The first kappa shape index (κ1) is 14.0. The summed E-state index contributed by atoms with van der Waals surface area (Å²) in [6.07, 6.45) is 5.10. The topological polar surface area (TPSA) is 15.3 Å². The predicted molar refractivity (Wildman–Crippen MR) is 80.3 cm³/mol. The van der Waals surface area contributed by atoms with Crippen LogP contribution in [-0.4, -0.2) is 30.6 Å². The Bertz CT molecular complexity index is 348. The van der Waals surface area contributed by atoms with Gasteiger partial charge in [-0.15, -0.1) is 11.3 Å². The zero-order chi connectivity index (χ0) is 12.8. The second-order valence-corrected chi connectivity index (χ2v) is 6.25. The first-order chi connectivity index (χ1) is 8.83. The van der Waals surface area contributed by atoms with E-state index in [1.165, 1.54) is 38.8 Å². The minimum absolute atomic E-state index is 0.712. The summed E-state index contributed by atoms with van der Waals surface area (Å²) in [5, 5.41) is 5.91. The molecule has 0 spiro atoms. The van der Waals surface area contributed by atoms with Gasteiger partial charge in [0.15, 0.2) is 0 Å². The van der Waals surface area contributed by atoms with Crippen LogP contribution in [0.15, 0.2) is 11.4 Å². The molecule has 0 saturated carbocycles. The maximum Gasteiger partial charge on any atom is 0.0331 e. The van der Waals surface area contributed by atoms with Crippen LogP contribution in [0.5, 0.6) is 0 Å². The molecule has 2 nitrogen and oxygen atoms in total. The van der Waals surface area contributed by atoms with Crippen LogP contribution in [0.2, 0.25) is 0 Å². The average molecular weight is 266 g/mol. The summed E-state index contributed by atoms with van der Waals surface area (Å²) in [6, 6.07) is 3.00. The summed E-state index contributed by atoms with van der Waals surface area (Å²) in [5.74, 6) is 0. The number of nitrogens with zero attached hydrogens (tertiary/aromatic N) is 1. The second-order valence-electron chi connectivity index (χ2n) is 5.25. The van der Waals surface area contributed by atoms with Gasteiger partial charge in [0.2, 0.25) is 0 Å². The van der Waals surface area contributed by atoms with Gasteiger partial charge >= 0.3 is 0 Å². The van der Waals surface area contributed by atoms with E-state index in [2.05, 4.69) is 35.5 Å². The number of thiophene rings is 1. The number of nitrogens with one attached hydrogen (secondary N) is 1. The van der Waals surface area contributed by atoms with Crippen molar-refractivity contribution >= 4 is 11.3 Å². The number of piperidine rings is 1.